The van der Waals surface area contributed by atoms with Gasteiger partial charge in [-0.25, -0.2) is 21.2 Å². The maximum absolute atomic E-state index is 13.6. The third kappa shape index (κ3) is 3.19. The Morgan fingerprint density at radius 1 is 1.29 bits per heavy atom. The van der Waals surface area contributed by atoms with Gasteiger partial charge in [-0.15, -0.1) is 0 Å². The van der Waals surface area contributed by atoms with E-state index in [9.17, 15) is 21.2 Å². The van der Waals surface area contributed by atoms with Gasteiger partial charge in [0.2, 0.25) is 10.0 Å². The molecule has 0 spiro atoms. The lowest BCUT2D eigenvalue weighted by atomic mass is 10.3. The number of rotatable bonds is 4. The molecule has 2 rings (SSSR count). The second-order valence-corrected chi connectivity index (χ2v) is 9.16. The van der Waals surface area contributed by atoms with Crippen molar-refractivity contribution in [1.82, 2.24) is 4.31 Å². The standard InChI is InChI=1S/C12H16FNO5S2/c1-19-12-4-3-9(7-11(12)13)21(17,18)14-6-5-10(8-14)20(2,15)16/h3-4,7,10H,5-6,8H2,1-2H3/t10-/m1/s1. The molecular formula is C12H16FNO5S2. The average molecular weight is 337 g/mol. The first-order chi connectivity index (χ1) is 9.66. The molecule has 1 aromatic rings. The molecule has 1 aliphatic rings. The molecule has 1 aromatic carbocycles. The van der Waals surface area contributed by atoms with E-state index in [1.165, 1.54) is 19.2 Å². The molecule has 0 saturated carbocycles. The molecule has 6 nitrogen and oxygen atoms in total. The molecule has 0 N–H and O–H groups in total. The predicted octanol–water partition coefficient (Wildman–Crippen LogP) is 0.642. The van der Waals surface area contributed by atoms with Gasteiger partial charge in [0.15, 0.2) is 21.4 Å². The molecule has 0 aromatic heterocycles. The summed E-state index contributed by atoms with van der Waals surface area (Å²) in [4.78, 5) is -0.213. The van der Waals surface area contributed by atoms with Crippen molar-refractivity contribution in [3.05, 3.63) is 24.0 Å². The highest BCUT2D eigenvalue weighted by Gasteiger charge is 2.37. The Morgan fingerprint density at radius 3 is 2.43 bits per heavy atom. The first-order valence-electron chi connectivity index (χ1n) is 6.19. The van der Waals surface area contributed by atoms with Gasteiger partial charge in [-0.2, -0.15) is 4.31 Å². The van der Waals surface area contributed by atoms with Gasteiger partial charge in [-0.1, -0.05) is 0 Å². The van der Waals surface area contributed by atoms with Crippen LogP contribution in [0, 0.1) is 5.82 Å². The van der Waals surface area contributed by atoms with Crippen LogP contribution in [0.25, 0.3) is 0 Å². The van der Waals surface area contributed by atoms with E-state index >= 15 is 0 Å². The zero-order chi connectivity index (χ0) is 15.8. The second-order valence-electron chi connectivity index (χ2n) is 4.90. The van der Waals surface area contributed by atoms with E-state index in [1.807, 2.05) is 0 Å². The monoisotopic (exact) mass is 337 g/mol. The van der Waals surface area contributed by atoms with Crippen molar-refractivity contribution in [2.75, 3.05) is 26.5 Å². The van der Waals surface area contributed by atoms with Gasteiger partial charge >= 0.3 is 0 Å². The maximum Gasteiger partial charge on any atom is 0.243 e. The zero-order valence-electron chi connectivity index (χ0n) is 11.6. The SMILES string of the molecule is COc1ccc(S(=O)(=O)N2CC[C@@H](S(C)(=O)=O)C2)cc1F. The minimum atomic E-state index is -3.91. The topological polar surface area (TPSA) is 80.8 Å². The number of nitrogens with zero attached hydrogens (tertiary/aromatic N) is 1. The highest BCUT2D eigenvalue weighted by atomic mass is 32.2. The van der Waals surface area contributed by atoms with Crippen molar-refractivity contribution >= 4 is 19.9 Å². The molecule has 1 fully saturated rings. The minimum Gasteiger partial charge on any atom is -0.494 e. The molecule has 21 heavy (non-hydrogen) atoms. The van der Waals surface area contributed by atoms with Crippen LogP contribution in [0.4, 0.5) is 4.39 Å². The number of benzene rings is 1. The Labute approximate surface area is 123 Å². The Balaban J connectivity index is 2.29. The average Bonchev–Trinajstić information content (AvgIpc) is 2.88. The molecule has 1 atom stereocenters. The van der Waals surface area contributed by atoms with Crippen molar-refractivity contribution in [1.29, 1.82) is 0 Å². The minimum absolute atomic E-state index is 0.0515. The van der Waals surface area contributed by atoms with E-state index in [0.717, 1.165) is 16.6 Å². The summed E-state index contributed by atoms with van der Waals surface area (Å²) in [6.07, 6.45) is 1.33. The van der Waals surface area contributed by atoms with Crippen LogP contribution in [0.5, 0.6) is 5.75 Å². The van der Waals surface area contributed by atoms with Crippen molar-refractivity contribution in [2.24, 2.45) is 0 Å². The summed E-state index contributed by atoms with van der Waals surface area (Å²) < 4.78 is 67.2. The van der Waals surface area contributed by atoms with Crippen LogP contribution in [-0.2, 0) is 19.9 Å². The Kier molecular flexibility index (Phi) is 4.27. The number of hydrogen-bond acceptors (Lipinski definition) is 5. The highest BCUT2D eigenvalue weighted by molar-refractivity contribution is 7.91. The molecule has 0 aliphatic carbocycles. The molecule has 0 bridgehead atoms. The lowest BCUT2D eigenvalue weighted by Gasteiger charge is -2.16. The summed E-state index contributed by atoms with van der Waals surface area (Å²) in [5.41, 5.74) is 0. The molecule has 118 valence electrons. The van der Waals surface area contributed by atoms with E-state index in [2.05, 4.69) is 0 Å². The normalized spacial score (nSPS) is 20.6. The van der Waals surface area contributed by atoms with Crippen LogP contribution >= 0.6 is 0 Å². The Hall–Kier alpha value is -1.19. The molecule has 9 heteroatoms. The zero-order valence-corrected chi connectivity index (χ0v) is 13.2. The quantitative estimate of drug-likeness (QED) is 0.805. The van der Waals surface area contributed by atoms with Gasteiger partial charge < -0.3 is 4.74 Å². The highest BCUT2D eigenvalue weighted by Crippen LogP contribution is 2.27. The molecule has 1 heterocycles. The maximum atomic E-state index is 13.6. The van der Waals surface area contributed by atoms with Crippen LogP contribution in [0.3, 0.4) is 0 Å². The number of ether oxygens (including phenoxy) is 1. The number of halogens is 1. The smallest absolute Gasteiger partial charge is 0.243 e. The van der Waals surface area contributed by atoms with Gasteiger partial charge in [-0.3, -0.25) is 0 Å². The lowest BCUT2D eigenvalue weighted by molar-refractivity contribution is 0.385. The van der Waals surface area contributed by atoms with Gasteiger partial charge in [0, 0.05) is 19.3 Å². The third-order valence-corrected chi connectivity index (χ3v) is 6.93. The molecular weight excluding hydrogens is 321 g/mol. The van der Waals surface area contributed by atoms with Crippen LogP contribution in [0.1, 0.15) is 6.42 Å². The number of hydrogen-bond donors (Lipinski definition) is 0. The van der Waals surface area contributed by atoms with Gasteiger partial charge in [0.05, 0.1) is 17.3 Å². The third-order valence-electron chi connectivity index (χ3n) is 3.47. The molecule has 0 amide bonds. The van der Waals surface area contributed by atoms with Crippen LogP contribution in [-0.4, -0.2) is 52.8 Å². The van der Waals surface area contributed by atoms with E-state index in [1.54, 1.807) is 0 Å². The van der Waals surface area contributed by atoms with Crippen molar-refractivity contribution in [3.63, 3.8) is 0 Å². The largest absolute Gasteiger partial charge is 0.494 e. The summed E-state index contributed by atoms with van der Waals surface area (Å²) in [6.45, 7) is 0.00251. The number of methoxy groups -OCH3 is 1. The molecule has 1 aliphatic heterocycles. The van der Waals surface area contributed by atoms with E-state index in [-0.39, 0.29) is 30.2 Å². The molecule has 0 radical (unpaired) electrons. The van der Waals surface area contributed by atoms with E-state index in [4.69, 9.17) is 4.74 Å². The summed E-state index contributed by atoms with van der Waals surface area (Å²) in [7, 11) is -5.92. The van der Waals surface area contributed by atoms with Crippen LogP contribution in [0.2, 0.25) is 0 Å². The second kappa shape index (κ2) is 5.54. The van der Waals surface area contributed by atoms with Crippen LogP contribution < -0.4 is 4.74 Å². The lowest BCUT2D eigenvalue weighted by Crippen LogP contribution is -2.31. The van der Waals surface area contributed by atoms with Crippen molar-refractivity contribution in [3.8, 4) is 5.75 Å². The fourth-order valence-electron chi connectivity index (χ4n) is 2.22. The number of sulfonamides is 1. The Morgan fingerprint density at radius 2 is 1.95 bits per heavy atom. The van der Waals surface area contributed by atoms with Gasteiger partial charge in [0.1, 0.15) is 0 Å². The Bertz CT molecular complexity index is 745. The van der Waals surface area contributed by atoms with Gasteiger partial charge in [0.25, 0.3) is 0 Å². The van der Waals surface area contributed by atoms with Crippen LogP contribution in [0.15, 0.2) is 23.1 Å². The summed E-state index contributed by atoms with van der Waals surface area (Å²) >= 11 is 0. The number of sulfone groups is 1. The van der Waals surface area contributed by atoms with Crippen molar-refractivity contribution < 1.29 is 26.0 Å². The van der Waals surface area contributed by atoms with Gasteiger partial charge in [-0.05, 0) is 24.6 Å². The predicted molar refractivity (Wildman–Crippen MR) is 75.0 cm³/mol. The first-order valence-corrected chi connectivity index (χ1v) is 9.58. The summed E-state index contributed by atoms with van der Waals surface area (Å²) in [6, 6.07) is 3.35. The fraction of sp³-hybridized carbons (Fsp3) is 0.500. The van der Waals surface area contributed by atoms with Crippen molar-refractivity contribution in [2.45, 2.75) is 16.6 Å². The van der Waals surface area contributed by atoms with E-state index in [0.29, 0.717) is 0 Å². The summed E-state index contributed by atoms with van der Waals surface area (Å²) in [5.74, 6) is -0.832. The summed E-state index contributed by atoms with van der Waals surface area (Å²) in [5, 5.41) is -0.713. The fourth-order valence-corrected chi connectivity index (χ4v) is 4.81. The molecule has 1 saturated heterocycles. The first kappa shape index (κ1) is 16.2. The van der Waals surface area contributed by atoms with E-state index < -0.39 is 30.9 Å². The molecule has 0 unspecified atom stereocenters.